The molecule has 7 heteroatoms. The highest BCUT2D eigenvalue weighted by atomic mass is 32.1. The molecular weight excluding hydrogens is 322 g/mol. The van der Waals surface area contributed by atoms with Crippen LogP contribution < -0.4 is 11.0 Å². The first-order chi connectivity index (χ1) is 11.8. The lowest BCUT2D eigenvalue weighted by Gasteiger charge is -2.22. The summed E-state index contributed by atoms with van der Waals surface area (Å²) in [4.78, 5) is 17.3. The molecule has 1 saturated heterocycles. The monoisotopic (exact) mass is 341 g/mol. The smallest absolute Gasteiger partial charge is 0.316 e. The molecular formula is C17H19N5OS. The number of nitrogens with one attached hydrogen (secondary N) is 1. The van der Waals surface area contributed by atoms with Gasteiger partial charge in [-0.1, -0.05) is 18.2 Å². The topological polar surface area (TPSA) is 64.7 Å². The van der Waals surface area contributed by atoms with Crippen molar-refractivity contribution in [1.29, 1.82) is 0 Å². The molecule has 3 heterocycles. The van der Waals surface area contributed by atoms with E-state index in [1.165, 1.54) is 4.68 Å². The first kappa shape index (κ1) is 15.3. The van der Waals surface area contributed by atoms with Gasteiger partial charge in [-0.2, -0.15) is 5.10 Å². The van der Waals surface area contributed by atoms with Crippen LogP contribution in [0.1, 0.15) is 29.6 Å². The van der Waals surface area contributed by atoms with Gasteiger partial charge in [0.05, 0.1) is 12.2 Å². The highest BCUT2D eigenvalue weighted by Crippen LogP contribution is 2.23. The fourth-order valence-electron chi connectivity index (χ4n) is 3.14. The summed E-state index contributed by atoms with van der Waals surface area (Å²) in [6.45, 7) is 2.32. The third kappa shape index (κ3) is 2.92. The molecule has 0 amide bonds. The Hall–Kier alpha value is -2.25. The van der Waals surface area contributed by atoms with Crippen molar-refractivity contribution >= 4 is 11.3 Å². The summed E-state index contributed by atoms with van der Waals surface area (Å²) in [7, 11) is 0. The van der Waals surface area contributed by atoms with Crippen LogP contribution in [0.2, 0.25) is 0 Å². The van der Waals surface area contributed by atoms with Gasteiger partial charge in [0.1, 0.15) is 10.8 Å². The second-order valence-electron chi connectivity index (χ2n) is 5.94. The van der Waals surface area contributed by atoms with E-state index in [9.17, 15) is 4.79 Å². The summed E-state index contributed by atoms with van der Waals surface area (Å²) in [6.07, 6.45) is 3.91. The number of para-hydroxylation sites is 1. The maximum absolute atomic E-state index is 13.0. The Morgan fingerprint density at radius 3 is 2.88 bits per heavy atom. The Kier molecular flexibility index (Phi) is 4.27. The van der Waals surface area contributed by atoms with Gasteiger partial charge in [0, 0.05) is 24.0 Å². The summed E-state index contributed by atoms with van der Waals surface area (Å²) in [5.74, 6) is 1.10. The zero-order valence-electron chi connectivity index (χ0n) is 13.3. The molecule has 1 aliphatic rings. The Morgan fingerprint density at radius 1 is 1.29 bits per heavy atom. The maximum Gasteiger partial charge on any atom is 0.350 e. The molecule has 1 fully saturated rings. The van der Waals surface area contributed by atoms with Gasteiger partial charge < -0.3 is 5.32 Å². The average Bonchev–Trinajstić information content (AvgIpc) is 3.25. The fraction of sp³-hybridized carbons (Fsp3) is 0.353. The summed E-state index contributed by atoms with van der Waals surface area (Å²) in [5.41, 5.74) is 0.769. The number of rotatable bonds is 4. The van der Waals surface area contributed by atoms with Crippen molar-refractivity contribution in [2.75, 3.05) is 13.1 Å². The molecule has 124 valence electrons. The maximum atomic E-state index is 13.0. The Balaban J connectivity index is 1.79. The molecule has 1 atom stereocenters. The van der Waals surface area contributed by atoms with E-state index in [1.807, 2.05) is 35.7 Å². The lowest BCUT2D eigenvalue weighted by molar-refractivity contribution is 0.439. The fourth-order valence-corrected chi connectivity index (χ4v) is 3.74. The van der Waals surface area contributed by atoms with Crippen LogP contribution in [-0.4, -0.2) is 32.4 Å². The third-order valence-electron chi connectivity index (χ3n) is 4.31. The van der Waals surface area contributed by atoms with E-state index in [1.54, 1.807) is 22.1 Å². The Bertz CT molecular complexity index is 847. The van der Waals surface area contributed by atoms with E-state index < -0.39 is 0 Å². The van der Waals surface area contributed by atoms with Crippen LogP contribution >= 0.6 is 11.3 Å². The summed E-state index contributed by atoms with van der Waals surface area (Å²) >= 11 is 1.54. The van der Waals surface area contributed by atoms with E-state index in [0.717, 1.165) is 42.5 Å². The first-order valence-electron chi connectivity index (χ1n) is 8.17. The minimum absolute atomic E-state index is 0.100. The second kappa shape index (κ2) is 6.70. The molecule has 3 aromatic rings. The van der Waals surface area contributed by atoms with Gasteiger partial charge in [0.2, 0.25) is 0 Å². The van der Waals surface area contributed by atoms with Gasteiger partial charge in [0.15, 0.2) is 0 Å². The number of piperidine rings is 1. The summed E-state index contributed by atoms with van der Waals surface area (Å²) in [5, 5.41) is 10.9. The molecule has 0 bridgehead atoms. The quantitative estimate of drug-likeness (QED) is 0.788. The van der Waals surface area contributed by atoms with Crippen LogP contribution in [0.3, 0.4) is 0 Å². The van der Waals surface area contributed by atoms with Crippen LogP contribution in [-0.2, 0) is 6.54 Å². The number of thiazole rings is 1. The Labute approximate surface area is 143 Å². The summed E-state index contributed by atoms with van der Waals surface area (Å²) in [6, 6.07) is 9.76. The van der Waals surface area contributed by atoms with Crippen LogP contribution in [0.25, 0.3) is 5.69 Å². The van der Waals surface area contributed by atoms with Gasteiger partial charge in [-0.25, -0.2) is 19.0 Å². The minimum Gasteiger partial charge on any atom is -0.316 e. The Morgan fingerprint density at radius 2 is 2.17 bits per heavy atom. The molecule has 1 aromatic carbocycles. The highest BCUT2D eigenvalue weighted by Gasteiger charge is 2.25. The number of hydrogen-bond acceptors (Lipinski definition) is 5. The standard InChI is InChI=1S/C17H19N5OS/c23-17-21(12-15-19-9-10-24-15)20-16(13-5-4-8-18-11-13)22(17)14-6-2-1-3-7-14/h1-3,6-7,9-10,13,18H,4-5,8,11-12H2/t13-/m1/s1. The molecule has 1 aliphatic heterocycles. The largest absolute Gasteiger partial charge is 0.350 e. The van der Waals surface area contributed by atoms with Crippen LogP contribution in [0, 0.1) is 0 Å². The molecule has 0 radical (unpaired) electrons. The molecule has 0 unspecified atom stereocenters. The van der Waals surface area contributed by atoms with Gasteiger partial charge in [0.25, 0.3) is 0 Å². The number of aromatic nitrogens is 4. The zero-order chi connectivity index (χ0) is 16.4. The first-order valence-corrected chi connectivity index (χ1v) is 9.05. The van der Waals surface area contributed by atoms with Gasteiger partial charge >= 0.3 is 5.69 Å². The number of benzene rings is 1. The zero-order valence-corrected chi connectivity index (χ0v) is 14.1. The molecule has 0 spiro atoms. The van der Waals surface area contributed by atoms with Crippen molar-refractivity contribution < 1.29 is 0 Å². The molecule has 24 heavy (non-hydrogen) atoms. The minimum atomic E-state index is -0.100. The average molecular weight is 341 g/mol. The van der Waals surface area contributed by atoms with Crippen molar-refractivity contribution in [1.82, 2.24) is 24.6 Å². The van der Waals surface area contributed by atoms with Crippen molar-refractivity contribution in [2.24, 2.45) is 0 Å². The van der Waals surface area contributed by atoms with Crippen LogP contribution in [0.15, 0.2) is 46.7 Å². The number of nitrogens with zero attached hydrogens (tertiary/aromatic N) is 4. The SMILES string of the molecule is O=c1n(Cc2nccs2)nc([C@@H]2CCCNC2)n1-c1ccccc1. The number of hydrogen-bond donors (Lipinski definition) is 1. The van der Waals surface area contributed by atoms with E-state index in [4.69, 9.17) is 0 Å². The third-order valence-corrected chi connectivity index (χ3v) is 5.07. The molecule has 6 nitrogen and oxygen atoms in total. The lowest BCUT2D eigenvalue weighted by Crippen LogP contribution is -2.31. The van der Waals surface area contributed by atoms with E-state index in [-0.39, 0.29) is 11.6 Å². The normalized spacial score (nSPS) is 17.9. The van der Waals surface area contributed by atoms with Crippen molar-refractivity contribution in [3.63, 3.8) is 0 Å². The molecule has 2 aromatic heterocycles. The predicted octanol–water partition coefficient (Wildman–Crippen LogP) is 2.01. The lowest BCUT2D eigenvalue weighted by atomic mass is 9.99. The molecule has 0 saturated carbocycles. The van der Waals surface area contributed by atoms with Crippen molar-refractivity contribution in [3.8, 4) is 5.69 Å². The van der Waals surface area contributed by atoms with Gasteiger partial charge in [-0.3, -0.25) is 0 Å². The summed E-state index contributed by atoms with van der Waals surface area (Å²) < 4.78 is 3.29. The van der Waals surface area contributed by atoms with E-state index in [2.05, 4.69) is 15.4 Å². The van der Waals surface area contributed by atoms with Gasteiger partial charge in [-0.15, -0.1) is 11.3 Å². The van der Waals surface area contributed by atoms with Gasteiger partial charge in [-0.05, 0) is 31.5 Å². The molecule has 4 rings (SSSR count). The van der Waals surface area contributed by atoms with E-state index in [0.29, 0.717) is 6.54 Å². The predicted molar refractivity (Wildman–Crippen MR) is 93.9 cm³/mol. The molecule has 1 N–H and O–H groups in total. The highest BCUT2D eigenvalue weighted by molar-refractivity contribution is 7.09. The van der Waals surface area contributed by atoms with E-state index >= 15 is 0 Å². The molecule has 0 aliphatic carbocycles. The second-order valence-corrected chi connectivity index (χ2v) is 6.92. The van der Waals surface area contributed by atoms with Crippen LogP contribution in [0.4, 0.5) is 0 Å². The van der Waals surface area contributed by atoms with Crippen LogP contribution in [0.5, 0.6) is 0 Å². The van der Waals surface area contributed by atoms with Crippen molar-refractivity contribution in [2.45, 2.75) is 25.3 Å². The van der Waals surface area contributed by atoms with Crippen molar-refractivity contribution in [3.05, 3.63) is 63.2 Å².